The lowest BCUT2D eigenvalue weighted by atomic mass is 9.95. The summed E-state index contributed by atoms with van der Waals surface area (Å²) in [6, 6.07) is 11.8. The first kappa shape index (κ1) is 18.2. The molecule has 1 N–H and O–H groups in total. The van der Waals surface area contributed by atoms with Gasteiger partial charge in [0, 0.05) is 29.3 Å². The number of hydrogen-bond acceptors (Lipinski definition) is 5. The van der Waals surface area contributed by atoms with E-state index >= 15 is 0 Å². The van der Waals surface area contributed by atoms with Gasteiger partial charge in [-0.1, -0.05) is 6.07 Å². The molecule has 1 aliphatic rings. The third-order valence-corrected chi connectivity index (χ3v) is 6.41. The van der Waals surface area contributed by atoms with Crippen molar-refractivity contribution in [3.63, 3.8) is 0 Å². The van der Waals surface area contributed by atoms with E-state index in [0.29, 0.717) is 18.7 Å². The number of rotatable bonds is 3. The minimum absolute atomic E-state index is 0.0942. The molecule has 0 unspecified atom stereocenters. The zero-order valence-electron chi connectivity index (χ0n) is 16.6. The largest absolute Gasteiger partial charge is 0.366 e. The molecule has 5 rings (SSSR count). The fraction of sp³-hybridized carbons (Fsp3) is 0.261. The number of carbonyl (C=O) groups excluding carboxylic acids is 1. The molecule has 5 nitrogen and oxygen atoms in total. The molecule has 3 heterocycles. The summed E-state index contributed by atoms with van der Waals surface area (Å²) in [6.45, 7) is 7.12. The van der Waals surface area contributed by atoms with Crippen molar-refractivity contribution in [2.75, 3.05) is 0 Å². The number of benzene rings is 2. The first-order valence-electron chi connectivity index (χ1n) is 9.61. The van der Waals surface area contributed by atoms with Gasteiger partial charge in [0.2, 0.25) is 0 Å². The Balaban J connectivity index is 1.40. The Kier molecular flexibility index (Phi) is 4.15. The maximum atomic E-state index is 12.8. The molecule has 146 valence electrons. The van der Waals surface area contributed by atoms with Crippen molar-refractivity contribution >= 4 is 38.4 Å². The molecule has 0 atom stereocenters. The summed E-state index contributed by atoms with van der Waals surface area (Å²) < 4.78 is 7.06. The summed E-state index contributed by atoms with van der Waals surface area (Å²) in [7, 11) is 0. The maximum Gasteiger partial charge on any atom is 0.251 e. The number of thiazole rings is 1. The van der Waals surface area contributed by atoms with Gasteiger partial charge in [-0.3, -0.25) is 9.78 Å². The average molecular weight is 404 g/mol. The van der Waals surface area contributed by atoms with Crippen molar-refractivity contribution in [3.05, 3.63) is 69.9 Å². The lowest BCUT2D eigenvalue weighted by Crippen LogP contribution is -2.22. The fourth-order valence-electron chi connectivity index (χ4n) is 3.87. The molecule has 0 radical (unpaired) electrons. The maximum absolute atomic E-state index is 12.8. The molecule has 4 aromatic rings. The summed E-state index contributed by atoms with van der Waals surface area (Å²) in [6.07, 6.45) is 1.89. The minimum Gasteiger partial charge on any atom is -0.366 e. The van der Waals surface area contributed by atoms with Crippen LogP contribution in [0.5, 0.6) is 0 Å². The van der Waals surface area contributed by atoms with E-state index in [-0.39, 0.29) is 11.5 Å². The van der Waals surface area contributed by atoms with Crippen molar-refractivity contribution < 1.29 is 9.53 Å². The Bertz CT molecular complexity index is 1280. The second kappa shape index (κ2) is 6.61. The highest BCUT2D eigenvalue weighted by Gasteiger charge is 2.32. The third kappa shape index (κ3) is 3.18. The van der Waals surface area contributed by atoms with E-state index in [0.717, 1.165) is 42.8 Å². The van der Waals surface area contributed by atoms with Gasteiger partial charge in [-0.25, -0.2) is 4.98 Å². The lowest BCUT2D eigenvalue weighted by molar-refractivity contribution is -0.00784. The van der Waals surface area contributed by atoms with E-state index < -0.39 is 0 Å². The molecule has 0 aliphatic carbocycles. The second-order valence-corrected chi connectivity index (χ2v) is 9.13. The normalized spacial score (nSPS) is 15.0. The molecule has 2 aromatic carbocycles. The standard InChI is InChI=1S/C23H21N3O2S/c1-13-26-20-6-4-14(8-21(20)29-13)10-25-22(27)15-5-7-19-16(9-15)17-12-28-23(2,3)18(17)11-24-19/h4-9,11H,10,12H2,1-3H3,(H,25,27). The summed E-state index contributed by atoms with van der Waals surface area (Å²) in [5.41, 5.74) is 5.45. The van der Waals surface area contributed by atoms with Gasteiger partial charge in [-0.2, -0.15) is 0 Å². The van der Waals surface area contributed by atoms with Gasteiger partial charge in [0.25, 0.3) is 5.91 Å². The second-order valence-electron chi connectivity index (χ2n) is 7.90. The zero-order chi connectivity index (χ0) is 20.2. The SMILES string of the molecule is Cc1nc2ccc(CNC(=O)c3ccc4ncc5c(c4c3)COC5(C)C)cc2s1. The average Bonchev–Trinajstić information content (AvgIpc) is 3.23. The van der Waals surface area contributed by atoms with Crippen LogP contribution in [0.1, 0.15) is 45.9 Å². The molecule has 0 saturated heterocycles. The van der Waals surface area contributed by atoms with Crippen molar-refractivity contribution in [3.8, 4) is 0 Å². The third-order valence-electron chi connectivity index (χ3n) is 5.48. The Morgan fingerprint density at radius 3 is 2.90 bits per heavy atom. The predicted octanol–water partition coefficient (Wildman–Crippen LogP) is 4.85. The summed E-state index contributed by atoms with van der Waals surface area (Å²) in [4.78, 5) is 21.8. The van der Waals surface area contributed by atoms with Crippen LogP contribution < -0.4 is 5.32 Å². The molecule has 1 amide bonds. The van der Waals surface area contributed by atoms with E-state index in [9.17, 15) is 4.79 Å². The van der Waals surface area contributed by atoms with Crippen LogP contribution in [-0.4, -0.2) is 15.9 Å². The van der Waals surface area contributed by atoms with Crippen molar-refractivity contribution in [1.29, 1.82) is 0 Å². The van der Waals surface area contributed by atoms with Gasteiger partial charge in [-0.05, 0) is 62.2 Å². The number of aromatic nitrogens is 2. The van der Waals surface area contributed by atoms with Gasteiger partial charge in [-0.15, -0.1) is 11.3 Å². The van der Waals surface area contributed by atoms with Crippen LogP contribution in [0.15, 0.2) is 42.6 Å². The Morgan fingerprint density at radius 1 is 1.21 bits per heavy atom. The highest BCUT2D eigenvalue weighted by Crippen LogP contribution is 2.38. The Morgan fingerprint density at radius 2 is 2.03 bits per heavy atom. The Hall–Kier alpha value is -2.83. The number of fused-ring (bicyclic) bond motifs is 4. The molecule has 6 heteroatoms. The van der Waals surface area contributed by atoms with Gasteiger partial charge in [0.05, 0.1) is 32.9 Å². The molecule has 0 saturated carbocycles. The smallest absolute Gasteiger partial charge is 0.251 e. The van der Waals surface area contributed by atoms with E-state index in [1.165, 1.54) is 0 Å². The number of pyridine rings is 1. The molecule has 2 aromatic heterocycles. The van der Waals surface area contributed by atoms with E-state index in [1.807, 2.05) is 57.3 Å². The monoisotopic (exact) mass is 403 g/mol. The topological polar surface area (TPSA) is 64.1 Å². The number of nitrogens with zero attached hydrogens (tertiary/aromatic N) is 2. The van der Waals surface area contributed by atoms with Crippen LogP contribution in [0.4, 0.5) is 0 Å². The number of carbonyl (C=O) groups is 1. The quantitative estimate of drug-likeness (QED) is 0.531. The number of hydrogen-bond donors (Lipinski definition) is 1. The number of ether oxygens (including phenoxy) is 1. The molecule has 0 bridgehead atoms. The van der Waals surface area contributed by atoms with Crippen LogP contribution in [0.3, 0.4) is 0 Å². The van der Waals surface area contributed by atoms with Gasteiger partial charge in [0.15, 0.2) is 0 Å². The molecular formula is C23H21N3O2S. The predicted molar refractivity (Wildman–Crippen MR) is 115 cm³/mol. The van der Waals surface area contributed by atoms with Crippen molar-refractivity contribution in [2.24, 2.45) is 0 Å². The molecule has 0 spiro atoms. The van der Waals surface area contributed by atoms with Gasteiger partial charge >= 0.3 is 0 Å². The highest BCUT2D eigenvalue weighted by molar-refractivity contribution is 7.18. The van der Waals surface area contributed by atoms with E-state index in [4.69, 9.17) is 4.74 Å². The fourth-order valence-corrected chi connectivity index (χ4v) is 4.76. The summed E-state index contributed by atoms with van der Waals surface area (Å²) >= 11 is 1.67. The van der Waals surface area contributed by atoms with Crippen LogP contribution >= 0.6 is 11.3 Å². The van der Waals surface area contributed by atoms with E-state index in [2.05, 4.69) is 21.4 Å². The lowest BCUT2D eigenvalue weighted by Gasteiger charge is -2.17. The first-order chi connectivity index (χ1) is 13.9. The minimum atomic E-state index is -0.345. The number of amides is 1. The highest BCUT2D eigenvalue weighted by atomic mass is 32.1. The molecular weight excluding hydrogens is 382 g/mol. The molecule has 0 fully saturated rings. The first-order valence-corrected chi connectivity index (χ1v) is 10.4. The summed E-state index contributed by atoms with van der Waals surface area (Å²) in [5.74, 6) is -0.0942. The van der Waals surface area contributed by atoms with Crippen LogP contribution in [0.25, 0.3) is 21.1 Å². The molecule has 1 aliphatic heterocycles. The molecule has 29 heavy (non-hydrogen) atoms. The zero-order valence-corrected chi connectivity index (χ0v) is 17.4. The number of nitrogens with one attached hydrogen (secondary N) is 1. The van der Waals surface area contributed by atoms with Gasteiger partial charge < -0.3 is 10.1 Å². The summed E-state index contributed by atoms with van der Waals surface area (Å²) in [5, 5.41) is 5.06. The van der Waals surface area contributed by atoms with Crippen molar-refractivity contribution in [2.45, 2.75) is 39.5 Å². The number of aryl methyl sites for hydroxylation is 1. The van der Waals surface area contributed by atoms with Crippen LogP contribution in [0.2, 0.25) is 0 Å². The van der Waals surface area contributed by atoms with Crippen molar-refractivity contribution in [1.82, 2.24) is 15.3 Å². The van der Waals surface area contributed by atoms with E-state index in [1.54, 1.807) is 11.3 Å². The Labute approximate surface area is 172 Å². The van der Waals surface area contributed by atoms with Crippen LogP contribution in [0, 0.1) is 6.92 Å². The van der Waals surface area contributed by atoms with Crippen LogP contribution in [-0.2, 0) is 23.5 Å². The van der Waals surface area contributed by atoms with Gasteiger partial charge in [0.1, 0.15) is 0 Å².